The molecule has 0 bridgehead atoms. The fourth-order valence-corrected chi connectivity index (χ4v) is 4.85. The summed E-state index contributed by atoms with van der Waals surface area (Å²) in [6.07, 6.45) is 6.06. The lowest BCUT2D eigenvalue weighted by atomic mass is 9.94. The van der Waals surface area contributed by atoms with Crippen LogP contribution in [0.5, 0.6) is 0 Å². The van der Waals surface area contributed by atoms with E-state index in [1.54, 1.807) is 0 Å². The Hall–Kier alpha value is -3.41. The van der Waals surface area contributed by atoms with Crippen molar-refractivity contribution in [2.75, 3.05) is 25.1 Å². The van der Waals surface area contributed by atoms with Crippen LogP contribution in [0.25, 0.3) is 0 Å². The molecule has 1 aliphatic heterocycles. The van der Waals surface area contributed by atoms with E-state index in [4.69, 9.17) is 15.1 Å². The van der Waals surface area contributed by atoms with E-state index in [0.29, 0.717) is 42.8 Å². The third kappa shape index (κ3) is 4.30. The van der Waals surface area contributed by atoms with Crippen molar-refractivity contribution in [2.24, 2.45) is 0 Å². The number of carbonyl (C=O) groups is 1. The quantitative estimate of drug-likeness (QED) is 0.691. The van der Waals surface area contributed by atoms with Gasteiger partial charge in [-0.25, -0.2) is 9.37 Å². The summed E-state index contributed by atoms with van der Waals surface area (Å²) in [6, 6.07) is 5.93. The van der Waals surface area contributed by atoms with Gasteiger partial charge in [-0.1, -0.05) is 19.3 Å². The van der Waals surface area contributed by atoms with Crippen LogP contribution < -0.4 is 15.3 Å². The molecule has 0 atom stereocenters. The summed E-state index contributed by atoms with van der Waals surface area (Å²) in [4.78, 5) is 40.2. The zero-order valence-corrected chi connectivity index (χ0v) is 19.0. The number of nitrogens with zero attached hydrogens (tertiary/aromatic N) is 5. The first-order chi connectivity index (χ1) is 16.0. The Bertz CT molecular complexity index is 1150. The minimum Gasteiger partial charge on any atom is -0.411 e. The number of nitriles is 1. The number of fused-ring (bicyclic) bond motifs is 1. The third-order valence-corrected chi connectivity index (χ3v) is 6.59. The smallest absolute Gasteiger partial charge is 0.293 e. The van der Waals surface area contributed by atoms with Crippen molar-refractivity contribution >= 4 is 11.9 Å². The van der Waals surface area contributed by atoms with Gasteiger partial charge in [-0.15, -0.1) is 4.73 Å². The van der Waals surface area contributed by atoms with E-state index in [-0.39, 0.29) is 23.2 Å². The molecule has 0 radical (unpaired) electrons. The Balaban J connectivity index is 1.65. The number of hydrogen-bond donors (Lipinski definition) is 0. The zero-order chi connectivity index (χ0) is 23.5. The summed E-state index contributed by atoms with van der Waals surface area (Å²) in [6.45, 7) is 3.11. The average molecular weight is 454 g/mol. The molecule has 1 fully saturated rings. The second-order valence-corrected chi connectivity index (χ2v) is 8.48. The van der Waals surface area contributed by atoms with Gasteiger partial charge in [0.2, 0.25) is 5.95 Å². The minimum absolute atomic E-state index is 0.0264. The molecule has 1 amide bonds. The van der Waals surface area contributed by atoms with Crippen molar-refractivity contribution in [1.29, 1.82) is 5.26 Å². The predicted molar refractivity (Wildman–Crippen MR) is 120 cm³/mol. The van der Waals surface area contributed by atoms with Crippen LogP contribution in [0.1, 0.15) is 66.2 Å². The summed E-state index contributed by atoms with van der Waals surface area (Å²) in [7, 11) is 1.44. The highest BCUT2D eigenvalue weighted by molar-refractivity contribution is 5.94. The number of benzene rings is 1. The van der Waals surface area contributed by atoms with Gasteiger partial charge in [-0.05, 0) is 38.0 Å². The Morgan fingerprint density at radius 3 is 2.73 bits per heavy atom. The lowest BCUT2D eigenvalue weighted by Crippen LogP contribution is -2.46. The molecule has 1 saturated carbocycles. The van der Waals surface area contributed by atoms with E-state index < -0.39 is 11.7 Å². The molecule has 9 heteroatoms. The van der Waals surface area contributed by atoms with Crippen LogP contribution in [0.4, 0.5) is 10.3 Å². The number of hydrogen-bond acceptors (Lipinski definition) is 6. The lowest BCUT2D eigenvalue weighted by molar-refractivity contribution is 0.0723. The van der Waals surface area contributed by atoms with E-state index in [0.717, 1.165) is 31.7 Å². The molecule has 2 heterocycles. The molecule has 33 heavy (non-hydrogen) atoms. The molecule has 1 aromatic carbocycles. The summed E-state index contributed by atoms with van der Waals surface area (Å²) in [5.74, 6) is -0.764. The highest BCUT2D eigenvalue weighted by Gasteiger charge is 2.31. The molecule has 2 aliphatic rings. The molecule has 0 spiro atoms. The average Bonchev–Trinajstić information content (AvgIpc) is 2.84. The summed E-state index contributed by atoms with van der Waals surface area (Å²) >= 11 is 0. The van der Waals surface area contributed by atoms with Crippen LogP contribution in [0.2, 0.25) is 0 Å². The first kappa shape index (κ1) is 22.8. The second kappa shape index (κ2) is 9.61. The van der Waals surface area contributed by atoms with E-state index in [9.17, 15) is 14.0 Å². The van der Waals surface area contributed by atoms with E-state index in [2.05, 4.69) is 4.90 Å². The molecule has 1 aromatic heterocycles. The number of amides is 1. The SMILES string of the molecule is CCN(c1nc2c(c(=O)n1OC)CN(C(=O)c1ccc(C#N)cc1F)CC2)C1CCCCC1. The van der Waals surface area contributed by atoms with Gasteiger partial charge < -0.3 is 14.6 Å². The lowest BCUT2D eigenvalue weighted by Gasteiger charge is -2.36. The third-order valence-electron chi connectivity index (χ3n) is 6.59. The maximum Gasteiger partial charge on any atom is 0.293 e. The standard InChI is InChI=1S/C24H28FN5O3/c1-3-29(17-7-5-4-6-8-17)24-27-21-11-12-28(15-19(21)23(32)30(24)33-2)22(31)18-10-9-16(14-26)13-20(18)25/h9-10,13,17H,3-8,11-12,15H2,1-2H3. The first-order valence-electron chi connectivity index (χ1n) is 11.4. The van der Waals surface area contributed by atoms with E-state index in [1.165, 1.54) is 35.3 Å². The van der Waals surface area contributed by atoms with Crippen molar-refractivity contribution < 1.29 is 14.0 Å². The van der Waals surface area contributed by atoms with Gasteiger partial charge in [0.15, 0.2) is 0 Å². The summed E-state index contributed by atoms with van der Waals surface area (Å²) < 4.78 is 15.6. The first-order valence-corrected chi connectivity index (χ1v) is 11.4. The van der Waals surface area contributed by atoms with E-state index >= 15 is 0 Å². The van der Waals surface area contributed by atoms with Gasteiger partial charge >= 0.3 is 0 Å². The van der Waals surface area contributed by atoms with Crippen LogP contribution in [-0.2, 0) is 13.0 Å². The van der Waals surface area contributed by atoms with Crippen molar-refractivity contribution in [1.82, 2.24) is 14.6 Å². The molecular formula is C24H28FN5O3. The summed E-state index contributed by atoms with van der Waals surface area (Å²) in [5.41, 5.74) is 0.718. The normalized spacial score (nSPS) is 16.1. The van der Waals surface area contributed by atoms with Gasteiger partial charge in [0.05, 0.1) is 35.0 Å². The molecule has 0 saturated heterocycles. The molecule has 1 aliphatic carbocycles. The maximum atomic E-state index is 14.4. The molecule has 2 aromatic rings. The Morgan fingerprint density at radius 2 is 2.09 bits per heavy atom. The number of rotatable bonds is 5. The second-order valence-electron chi connectivity index (χ2n) is 8.48. The van der Waals surface area contributed by atoms with Crippen LogP contribution in [0.15, 0.2) is 23.0 Å². The van der Waals surface area contributed by atoms with Crippen LogP contribution in [0.3, 0.4) is 0 Å². The number of carbonyl (C=O) groups excluding carboxylic acids is 1. The van der Waals surface area contributed by atoms with Gasteiger partial charge in [0.1, 0.15) is 12.9 Å². The fraction of sp³-hybridized carbons (Fsp3) is 0.500. The van der Waals surface area contributed by atoms with E-state index in [1.807, 2.05) is 13.0 Å². The van der Waals surface area contributed by atoms with Crippen molar-refractivity contribution in [3.8, 4) is 6.07 Å². The highest BCUT2D eigenvalue weighted by atomic mass is 19.1. The molecule has 174 valence electrons. The molecule has 8 nitrogen and oxygen atoms in total. The van der Waals surface area contributed by atoms with Crippen LogP contribution in [-0.4, -0.2) is 46.8 Å². The molecular weight excluding hydrogens is 425 g/mol. The topological polar surface area (TPSA) is 91.5 Å². The maximum absolute atomic E-state index is 14.4. The van der Waals surface area contributed by atoms with Crippen LogP contribution in [0, 0.1) is 17.1 Å². The molecule has 0 unspecified atom stereocenters. The molecule has 0 N–H and O–H groups in total. The number of aromatic nitrogens is 2. The van der Waals surface area contributed by atoms with Crippen LogP contribution >= 0.6 is 0 Å². The number of halogens is 1. The zero-order valence-electron chi connectivity index (χ0n) is 19.0. The highest BCUT2D eigenvalue weighted by Crippen LogP contribution is 2.27. The minimum atomic E-state index is -0.751. The van der Waals surface area contributed by atoms with Gasteiger partial charge in [0.25, 0.3) is 11.5 Å². The fourth-order valence-electron chi connectivity index (χ4n) is 4.85. The van der Waals surface area contributed by atoms with Gasteiger partial charge in [0, 0.05) is 25.6 Å². The summed E-state index contributed by atoms with van der Waals surface area (Å²) in [5, 5.41) is 8.92. The largest absolute Gasteiger partial charge is 0.411 e. The van der Waals surface area contributed by atoms with Gasteiger partial charge in [-0.2, -0.15) is 5.26 Å². The van der Waals surface area contributed by atoms with Gasteiger partial charge in [-0.3, -0.25) is 9.59 Å². The number of anilines is 1. The Labute approximate surface area is 192 Å². The predicted octanol–water partition coefficient (Wildman–Crippen LogP) is 2.67. The van der Waals surface area contributed by atoms with Crippen molar-refractivity contribution in [2.45, 2.75) is 58.0 Å². The van der Waals surface area contributed by atoms with Crippen molar-refractivity contribution in [3.63, 3.8) is 0 Å². The Morgan fingerprint density at radius 1 is 1.33 bits per heavy atom. The Kier molecular flexibility index (Phi) is 6.63. The molecule has 4 rings (SSSR count). The monoisotopic (exact) mass is 453 g/mol. The van der Waals surface area contributed by atoms with Crippen molar-refractivity contribution in [3.05, 3.63) is 56.8 Å².